The molecule has 0 aliphatic heterocycles. The van der Waals surface area contributed by atoms with Gasteiger partial charge in [-0.05, 0) is 80.8 Å². The first-order chi connectivity index (χ1) is 17.4. The number of nitrogens with zero attached hydrogens (tertiary/aromatic N) is 2. The number of anilines is 1. The summed E-state index contributed by atoms with van der Waals surface area (Å²) in [6.07, 6.45) is 3.45. The van der Waals surface area contributed by atoms with Crippen LogP contribution in [0.15, 0.2) is 79.1 Å². The SMILES string of the molecule is CCc1ncnc(NCCc2ccc(Oc3ccc(Cl)cc3)cc2)c1C.Cc1ccc(C(=O)O)cc1. The van der Waals surface area contributed by atoms with Gasteiger partial charge in [-0.2, -0.15) is 0 Å². The molecular formula is C29H30ClN3O3. The molecule has 0 atom stereocenters. The average Bonchev–Trinajstić information content (AvgIpc) is 2.88. The largest absolute Gasteiger partial charge is 0.478 e. The quantitative estimate of drug-likeness (QED) is 0.266. The lowest BCUT2D eigenvalue weighted by molar-refractivity contribution is 0.0697. The Bertz CT molecular complexity index is 1260. The maximum Gasteiger partial charge on any atom is 0.335 e. The molecule has 0 aliphatic rings. The van der Waals surface area contributed by atoms with E-state index in [0.717, 1.165) is 53.5 Å². The summed E-state index contributed by atoms with van der Waals surface area (Å²) in [7, 11) is 0. The fourth-order valence-electron chi connectivity index (χ4n) is 3.41. The van der Waals surface area contributed by atoms with Crippen molar-refractivity contribution in [2.24, 2.45) is 0 Å². The Balaban J connectivity index is 0.000000303. The van der Waals surface area contributed by atoms with Gasteiger partial charge >= 0.3 is 5.97 Å². The maximum absolute atomic E-state index is 10.3. The lowest BCUT2D eigenvalue weighted by Gasteiger charge is -2.11. The number of ether oxygens (including phenoxy) is 1. The summed E-state index contributed by atoms with van der Waals surface area (Å²) in [6, 6.07) is 22.2. The standard InChI is InChI=1S/C21H22ClN3O.C8H8O2/c1-3-20-15(2)21(25-14-24-20)23-13-12-16-4-8-18(9-5-16)26-19-10-6-17(22)7-11-19;1-6-2-4-7(5-3-6)8(9)10/h4-11,14H,3,12-13H2,1-2H3,(H,23,24,25);2-5H,1H3,(H,9,10). The van der Waals surface area contributed by atoms with Crippen LogP contribution in [0.1, 0.15) is 39.7 Å². The normalized spacial score (nSPS) is 10.2. The second kappa shape index (κ2) is 13.3. The van der Waals surface area contributed by atoms with Crippen molar-refractivity contribution in [2.75, 3.05) is 11.9 Å². The molecule has 0 aliphatic carbocycles. The summed E-state index contributed by atoms with van der Waals surface area (Å²) in [6.45, 7) is 6.90. The molecule has 0 bridgehead atoms. The summed E-state index contributed by atoms with van der Waals surface area (Å²) in [5, 5.41) is 12.6. The molecule has 3 aromatic carbocycles. The molecule has 0 saturated carbocycles. The molecule has 0 fully saturated rings. The van der Waals surface area contributed by atoms with Crippen LogP contribution in [-0.2, 0) is 12.8 Å². The Morgan fingerprint density at radius 3 is 2.11 bits per heavy atom. The number of aromatic carboxylic acids is 1. The van der Waals surface area contributed by atoms with Gasteiger partial charge in [0.05, 0.1) is 5.56 Å². The van der Waals surface area contributed by atoms with E-state index in [9.17, 15) is 4.79 Å². The molecule has 2 N–H and O–H groups in total. The van der Waals surface area contributed by atoms with Gasteiger partial charge in [0.1, 0.15) is 23.6 Å². The lowest BCUT2D eigenvalue weighted by Crippen LogP contribution is -2.09. The number of hydrogen-bond donors (Lipinski definition) is 2. The molecule has 0 saturated heterocycles. The molecule has 7 heteroatoms. The number of carboxylic acid groups (broad SMARTS) is 1. The summed E-state index contributed by atoms with van der Waals surface area (Å²) in [4.78, 5) is 18.9. The zero-order valence-corrected chi connectivity index (χ0v) is 21.4. The molecule has 1 aromatic heterocycles. The zero-order valence-electron chi connectivity index (χ0n) is 20.7. The second-order valence-electron chi connectivity index (χ2n) is 8.20. The molecular weight excluding hydrogens is 474 g/mol. The third-order valence-electron chi connectivity index (χ3n) is 5.50. The Morgan fingerprint density at radius 2 is 1.53 bits per heavy atom. The minimum atomic E-state index is -0.875. The second-order valence-corrected chi connectivity index (χ2v) is 8.63. The third-order valence-corrected chi connectivity index (χ3v) is 5.75. The number of hydrogen-bond acceptors (Lipinski definition) is 5. The van der Waals surface area contributed by atoms with Crippen LogP contribution in [0.4, 0.5) is 5.82 Å². The minimum Gasteiger partial charge on any atom is -0.478 e. The summed E-state index contributed by atoms with van der Waals surface area (Å²) >= 11 is 5.89. The van der Waals surface area contributed by atoms with E-state index < -0.39 is 5.97 Å². The van der Waals surface area contributed by atoms with Crippen molar-refractivity contribution in [3.63, 3.8) is 0 Å². The van der Waals surface area contributed by atoms with Gasteiger partial charge in [0.2, 0.25) is 0 Å². The summed E-state index contributed by atoms with van der Waals surface area (Å²) in [5.41, 5.74) is 4.87. The Hall–Kier alpha value is -3.90. The fourth-order valence-corrected chi connectivity index (χ4v) is 3.53. The van der Waals surface area contributed by atoms with Crippen molar-refractivity contribution in [3.8, 4) is 11.5 Å². The van der Waals surface area contributed by atoms with E-state index in [1.807, 2.05) is 43.3 Å². The predicted octanol–water partition coefficient (Wildman–Crippen LogP) is 7.14. The first-order valence-electron chi connectivity index (χ1n) is 11.7. The summed E-state index contributed by atoms with van der Waals surface area (Å²) < 4.78 is 5.81. The van der Waals surface area contributed by atoms with E-state index in [-0.39, 0.29) is 0 Å². The maximum atomic E-state index is 10.3. The van der Waals surface area contributed by atoms with Crippen molar-refractivity contribution in [1.82, 2.24) is 9.97 Å². The van der Waals surface area contributed by atoms with Crippen molar-refractivity contribution in [3.05, 3.63) is 112 Å². The van der Waals surface area contributed by atoms with E-state index in [1.54, 1.807) is 30.6 Å². The Labute approximate surface area is 217 Å². The molecule has 1 heterocycles. The first kappa shape index (κ1) is 26.7. The molecule has 36 heavy (non-hydrogen) atoms. The van der Waals surface area contributed by atoms with Crippen LogP contribution in [0.3, 0.4) is 0 Å². The van der Waals surface area contributed by atoms with Crippen LogP contribution >= 0.6 is 11.6 Å². The smallest absolute Gasteiger partial charge is 0.335 e. The molecule has 186 valence electrons. The molecule has 0 spiro atoms. The van der Waals surface area contributed by atoms with Crippen molar-refractivity contribution < 1.29 is 14.6 Å². The van der Waals surface area contributed by atoms with Gasteiger partial charge in [-0.3, -0.25) is 0 Å². The van der Waals surface area contributed by atoms with Gasteiger partial charge < -0.3 is 15.2 Å². The molecule has 0 amide bonds. The van der Waals surface area contributed by atoms with Crippen LogP contribution in [-0.4, -0.2) is 27.6 Å². The van der Waals surface area contributed by atoms with Crippen LogP contribution in [0.2, 0.25) is 5.02 Å². The topological polar surface area (TPSA) is 84.3 Å². The van der Waals surface area contributed by atoms with Gasteiger partial charge in [-0.15, -0.1) is 0 Å². The highest BCUT2D eigenvalue weighted by Gasteiger charge is 2.05. The highest BCUT2D eigenvalue weighted by Crippen LogP contribution is 2.23. The molecule has 4 rings (SSSR count). The number of aryl methyl sites for hydroxylation is 2. The monoisotopic (exact) mass is 503 g/mol. The molecule has 0 radical (unpaired) electrons. The third kappa shape index (κ3) is 8.10. The minimum absolute atomic E-state index is 0.339. The lowest BCUT2D eigenvalue weighted by atomic mass is 10.1. The van der Waals surface area contributed by atoms with Gasteiger partial charge in [-0.25, -0.2) is 14.8 Å². The van der Waals surface area contributed by atoms with E-state index in [2.05, 4.69) is 41.3 Å². The van der Waals surface area contributed by atoms with E-state index in [0.29, 0.717) is 10.6 Å². The van der Waals surface area contributed by atoms with Crippen LogP contribution < -0.4 is 10.1 Å². The van der Waals surface area contributed by atoms with Crippen LogP contribution in [0, 0.1) is 13.8 Å². The number of benzene rings is 3. The van der Waals surface area contributed by atoms with Crippen molar-refractivity contribution in [1.29, 1.82) is 0 Å². The number of nitrogens with one attached hydrogen (secondary N) is 1. The number of halogens is 1. The van der Waals surface area contributed by atoms with Gasteiger partial charge in [0, 0.05) is 22.8 Å². The van der Waals surface area contributed by atoms with Gasteiger partial charge in [0.25, 0.3) is 0 Å². The van der Waals surface area contributed by atoms with Gasteiger partial charge in [-0.1, -0.05) is 48.4 Å². The Morgan fingerprint density at radius 1 is 0.917 bits per heavy atom. The van der Waals surface area contributed by atoms with Crippen LogP contribution in [0.25, 0.3) is 0 Å². The highest BCUT2D eigenvalue weighted by atomic mass is 35.5. The number of carboxylic acids is 1. The van der Waals surface area contributed by atoms with Crippen molar-refractivity contribution >= 4 is 23.4 Å². The van der Waals surface area contributed by atoms with E-state index in [4.69, 9.17) is 21.4 Å². The predicted molar refractivity (Wildman–Crippen MR) is 144 cm³/mol. The van der Waals surface area contributed by atoms with E-state index >= 15 is 0 Å². The van der Waals surface area contributed by atoms with E-state index in [1.165, 1.54) is 5.56 Å². The first-order valence-corrected chi connectivity index (χ1v) is 12.1. The zero-order chi connectivity index (χ0) is 25.9. The number of aromatic nitrogens is 2. The number of rotatable bonds is 8. The number of carbonyl (C=O) groups is 1. The van der Waals surface area contributed by atoms with Crippen molar-refractivity contribution in [2.45, 2.75) is 33.6 Å². The van der Waals surface area contributed by atoms with Gasteiger partial charge in [0.15, 0.2) is 0 Å². The average molecular weight is 504 g/mol. The molecule has 0 unspecified atom stereocenters. The highest BCUT2D eigenvalue weighted by molar-refractivity contribution is 6.30. The summed E-state index contributed by atoms with van der Waals surface area (Å²) in [5.74, 6) is 1.62. The Kier molecular flexibility index (Phi) is 9.83. The molecule has 4 aromatic rings. The fraction of sp³-hybridized carbons (Fsp3) is 0.207. The van der Waals surface area contributed by atoms with Crippen LogP contribution in [0.5, 0.6) is 11.5 Å². The molecule has 6 nitrogen and oxygen atoms in total.